The molecule has 1 aliphatic heterocycles. The van der Waals surface area contributed by atoms with Gasteiger partial charge in [0.15, 0.2) is 5.78 Å². The van der Waals surface area contributed by atoms with Crippen molar-refractivity contribution in [3.63, 3.8) is 0 Å². The standard InChI is InChI=1S/C13H21N3O2S2/c1-9(17)11-10(14)12(19-2)13(20-11)15-3-4-16-5-7-18-8-6-16/h15H,3-8,14H2,1-2H3. The van der Waals surface area contributed by atoms with E-state index in [0.29, 0.717) is 10.6 Å². The molecule has 20 heavy (non-hydrogen) atoms. The normalized spacial score (nSPS) is 16.3. The van der Waals surface area contributed by atoms with Gasteiger partial charge in [0.1, 0.15) is 5.00 Å². The lowest BCUT2D eigenvalue weighted by atomic mass is 10.3. The average Bonchev–Trinajstić information content (AvgIpc) is 2.76. The summed E-state index contributed by atoms with van der Waals surface area (Å²) in [5, 5.41) is 4.42. The number of nitrogens with one attached hydrogen (secondary N) is 1. The summed E-state index contributed by atoms with van der Waals surface area (Å²) >= 11 is 3.04. The molecule has 0 unspecified atom stereocenters. The molecule has 112 valence electrons. The first-order valence-corrected chi connectivity index (χ1v) is 8.68. The van der Waals surface area contributed by atoms with Gasteiger partial charge in [0.25, 0.3) is 0 Å². The highest BCUT2D eigenvalue weighted by atomic mass is 32.2. The van der Waals surface area contributed by atoms with Crippen LogP contribution in [0.5, 0.6) is 0 Å². The molecule has 0 radical (unpaired) electrons. The van der Waals surface area contributed by atoms with Gasteiger partial charge in [-0.25, -0.2) is 0 Å². The van der Waals surface area contributed by atoms with Gasteiger partial charge in [-0.3, -0.25) is 9.69 Å². The highest BCUT2D eigenvalue weighted by Gasteiger charge is 2.18. The third-order valence-corrected chi connectivity index (χ3v) is 5.47. The van der Waals surface area contributed by atoms with Crippen molar-refractivity contribution in [1.82, 2.24) is 4.90 Å². The summed E-state index contributed by atoms with van der Waals surface area (Å²) in [4.78, 5) is 15.6. The molecule has 0 spiro atoms. The number of ketones is 1. The highest BCUT2D eigenvalue weighted by Crippen LogP contribution is 2.41. The van der Waals surface area contributed by atoms with E-state index in [-0.39, 0.29) is 5.78 Å². The number of carbonyl (C=O) groups excluding carboxylic acids is 1. The van der Waals surface area contributed by atoms with E-state index in [2.05, 4.69) is 10.2 Å². The van der Waals surface area contributed by atoms with E-state index in [4.69, 9.17) is 10.5 Å². The minimum Gasteiger partial charge on any atom is -0.396 e. The largest absolute Gasteiger partial charge is 0.396 e. The van der Waals surface area contributed by atoms with Crippen LogP contribution in [-0.4, -0.2) is 56.3 Å². The number of rotatable bonds is 6. The first-order valence-electron chi connectivity index (χ1n) is 6.64. The van der Waals surface area contributed by atoms with Crippen molar-refractivity contribution < 1.29 is 9.53 Å². The van der Waals surface area contributed by atoms with Gasteiger partial charge in [0.05, 0.1) is 28.7 Å². The Morgan fingerprint density at radius 3 is 2.80 bits per heavy atom. The molecular formula is C13H21N3O2S2. The van der Waals surface area contributed by atoms with Gasteiger partial charge in [-0.05, 0) is 6.26 Å². The number of hydrogen-bond acceptors (Lipinski definition) is 7. The van der Waals surface area contributed by atoms with Crippen LogP contribution >= 0.6 is 23.1 Å². The van der Waals surface area contributed by atoms with Gasteiger partial charge in [0.2, 0.25) is 0 Å². The van der Waals surface area contributed by atoms with Crippen LogP contribution in [0.2, 0.25) is 0 Å². The smallest absolute Gasteiger partial charge is 0.171 e. The Morgan fingerprint density at radius 1 is 1.50 bits per heavy atom. The van der Waals surface area contributed by atoms with Gasteiger partial charge in [0, 0.05) is 33.1 Å². The third kappa shape index (κ3) is 3.66. The minimum absolute atomic E-state index is 0.0315. The molecule has 7 heteroatoms. The molecule has 0 atom stereocenters. The van der Waals surface area contributed by atoms with Gasteiger partial charge >= 0.3 is 0 Å². The Morgan fingerprint density at radius 2 is 2.20 bits per heavy atom. The fourth-order valence-corrected chi connectivity index (χ4v) is 4.12. The van der Waals surface area contributed by atoms with E-state index in [0.717, 1.165) is 49.3 Å². The van der Waals surface area contributed by atoms with Crippen LogP contribution in [0.1, 0.15) is 16.6 Å². The number of ether oxygens (including phenoxy) is 1. The van der Waals surface area contributed by atoms with Gasteiger partial charge < -0.3 is 15.8 Å². The van der Waals surface area contributed by atoms with Crippen LogP contribution < -0.4 is 11.1 Å². The number of Topliss-reactive ketones (excluding diaryl/α,β-unsaturated/α-hetero) is 1. The van der Waals surface area contributed by atoms with Crippen molar-refractivity contribution in [1.29, 1.82) is 0 Å². The molecule has 1 saturated heterocycles. The van der Waals surface area contributed by atoms with E-state index in [1.54, 1.807) is 18.7 Å². The number of carbonyl (C=O) groups is 1. The fraction of sp³-hybridized carbons (Fsp3) is 0.615. The van der Waals surface area contributed by atoms with Crippen LogP contribution in [-0.2, 0) is 4.74 Å². The Bertz CT molecular complexity index is 470. The Labute approximate surface area is 127 Å². The molecule has 0 bridgehead atoms. The van der Waals surface area contributed by atoms with Gasteiger partial charge in [-0.2, -0.15) is 0 Å². The van der Waals surface area contributed by atoms with Gasteiger partial charge in [-0.15, -0.1) is 23.1 Å². The Hall–Kier alpha value is -0.760. The van der Waals surface area contributed by atoms with Crippen molar-refractivity contribution in [2.24, 2.45) is 0 Å². The van der Waals surface area contributed by atoms with Crippen LogP contribution in [0.15, 0.2) is 4.90 Å². The number of nitrogen functional groups attached to an aromatic ring is 1. The minimum atomic E-state index is 0.0315. The first kappa shape index (κ1) is 15.6. The zero-order valence-corrected chi connectivity index (χ0v) is 13.5. The monoisotopic (exact) mass is 315 g/mol. The molecule has 1 aromatic heterocycles. The lowest BCUT2D eigenvalue weighted by molar-refractivity contribution is 0.0398. The number of thiophene rings is 1. The topological polar surface area (TPSA) is 67.6 Å². The van der Waals surface area contributed by atoms with Crippen LogP contribution in [0.3, 0.4) is 0 Å². The number of thioether (sulfide) groups is 1. The second-order valence-corrected chi connectivity index (χ2v) is 6.48. The van der Waals surface area contributed by atoms with Crippen molar-refractivity contribution in [2.45, 2.75) is 11.8 Å². The van der Waals surface area contributed by atoms with E-state index < -0.39 is 0 Å². The summed E-state index contributed by atoms with van der Waals surface area (Å²) in [7, 11) is 0. The molecule has 3 N–H and O–H groups in total. The zero-order chi connectivity index (χ0) is 14.5. The van der Waals surface area contributed by atoms with Crippen LogP contribution in [0, 0.1) is 0 Å². The second-order valence-electron chi connectivity index (χ2n) is 4.64. The van der Waals surface area contributed by atoms with Crippen molar-refractivity contribution in [3.05, 3.63) is 4.88 Å². The van der Waals surface area contributed by atoms with Crippen molar-refractivity contribution >= 4 is 39.6 Å². The summed E-state index contributed by atoms with van der Waals surface area (Å²) in [6, 6.07) is 0. The molecule has 5 nitrogen and oxygen atoms in total. The number of hydrogen-bond donors (Lipinski definition) is 2. The Balaban J connectivity index is 1.94. The lowest BCUT2D eigenvalue weighted by Crippen LogP contribution is -2.38. The molecule has 1 aliphatic rings. The fourth-order valence-electron chi connectivity index (χ4n) is 2.16. The zero-order valence-electron chi connectivity index (χ0n) is 11.9. The number of morpholine rings is 1. The van der Waals surface area contributed by atoms with E-state index in [9.17, 15) is 4.79 Å². The third-order valence-electron chi connectivity index (χ3n) is 3.24. The number of nitrogens with two attached hydrogens (primary N) is 1. The molecule has 0 aliphatic carbocycles. The maximum absolute atomic E-state index is 11.5. The quantitative estimate of drug-likeness (QED) is 0.618. The van der Waals surface area contributed by atoms with Crippen molar-refractivity contribution in [3.8, 4) is 0 Å². The summed E-state index contributed by atoms with van der Waals surface area (Å²) < 4.78 is 5.33. The molecule has 1 aromatic rings. The maximum atomic E-state index is 11.5. The molecule has 2 rings (SSSR count). The maximum Gasteiger partial charge on any atom is 0.171 e. The van der Waals surface area contributed by atoms with E-state index in [1.165, 1.54) is 11.3 Å². The van der Waals surface area contributed by atoms with Crippen molar-refractivity contribution in [2.75, 3.05) is 56.7 Å². The highest BCUT2D eigenvalue weighted by molar-refractivity contribution is 7.99. The molecule has 0 amide bonds. The van der Waals surface area contributed by atoms with Crippen LogP contribution in [0.25, 0.3) is 0 Å². The SMILES string of the molecule is CSc1c(NCCN2CCOCC2)sc(C(C)=O)c1N. The molecule has 0 saturated carbocycles. The molecule has 0 aromatic carbocycles. The summed E-state index contributed by atoms with van der Waals surface area (Å²) in [5.41, 5.74) is 6.65. The summed E-state index contributed by atoms with van der Waals surface area (Å²) in [6.07, 6.45) is 1.98. The van der Waals surface area contributed by atoms with E-state index in [1.807, 2.05) is 6.26 Å². The van der Waals surface area contributed by atoms with Crippen LogP contribution in [0.4, 0.5) is 10.7 Å². The number of anilines is 2. The lowest BCUT2D eigenvalue weighted by Gasteiger charge is -2.26. The average molecular weight is 315 g/mol. The van der Waals surface area contributed by atoms with E-state index >= 15 is 0 Å². The second kappa shape index (κ2) is 7.31. The first-order chi connectivity index (χ1) is 9.63. The molecule has 1 fully saturated rings. The number of nitrogens with zero attached hydrogens (tertiary/aromatic N) is 1. The molecule has 2 heterocycles. The van der Waals surface area contributed by atoms with Gasteiger partial charge in [-0.1, -0.05) is 0 Å². The summed E-state index contributed by atoms with van der Waals surface area (Å²) in [5.74, 6) is 0.0315. The predicted molar refractivity (Wildman–Crippen MR) is 86.3 cm³/mol. The summed E-state index contributed by atoms with van der Waals surface area (Å²) in [6.45, 7) is 7.00. The Kier molecular flexibility index (Phi) is 5.71. The predicted octanol–water partition coefficient (Wildman–Crippen LogP) is 2.00. The molecular weight excluding hydrogens is 294 g/mol.